The smallest absolute Gasteiger partial charge is 0.265 e. The van der Waals surface area contributed by atoms with Crippen molar-refractivity contribution in [1.82, 2.24) is 4.98 Å². The number of rotatable bonds is 2. The normalized spacial score (nSPS) is 16.2. The molecule has 0 fully saturated rings. The maximum atomic E-state index is 11.8. The molecule has 120 valence electrons. The summed E-state index contributed by atoms with van der Waals surface area (Å²) in [6.07, 6.45) is -0.473. The summed E-state index contributed by atoms with van der Waals surface area (Å²) in [5.74, 6) is 0.541. The van der Waals surface area contributed by atoms with E-state index in [1.54, 1.807) is 18.3 Å². The number of hydrogen-bond donors (Lipinski definition) is 1. The molecule has 24 heavy (non-hydrogen) atoms. The Morgan fingerprint density at radius 1 is 1.17 bits per heavy atom. The molecule has 1 N–H and O–H groups in total. The fraction of sp³-hybridized carbons (Fsp3) is 0.111. The van der Waals surface area contributed by atoms with Crippen molar-refractivity contribution in [1.29, 1.82) is 0 Å². The number of fused-ring (bicyclic) bond motifs is 1. The highest BCUT2D eigenvalue weighted by molar-refractivity contribution is 7.13. The number of carbonyl (C=O) groups is 1. The van der Waals surface area contributed by atoms with Gasteiger partial charge in [-0.15, -0.1) is 11.3 Å². The van der Waals surface area contributed by atoms with Gasteiger partial charge in [-0.05, 0) is 37.3 Å². The van der Waals surface area contributed by atoms with Crippen molar-refractivity contribution in [2.24, 2.45) is 0 Å². The first-order valence-corrected chi connectivity index (χ1v) is 8.69. The van der Waals surface area contributed by atoms with Gasteiger partial charge in [0.2, 0.25) is 0 Å². The van der Waals surface area contributed by atoms with Gasteiger partial charge in [0.25, 0.3) is 5.91 Å². The first-order valence-electron chi connectivity index (χ1n) is 7.43. The van der Waals surface area contributed by atoms with Crippen molar-refractivity contribution in [3.8, 4) is 27.6 Å². The predicted octanol–water partition coefficient (Wildman–Crippen LogP) is 4.85. The maximum absolute atomic E-state index is 11.8. The first-order chi connectivity index (χ1) is 11.6. The molecule has 1 aromatic heterocycles. The molecule has 4 rings (SSSR count). The highest BCUT2D eigenvalue weighted by Gasteiger charge is 2.23. The van der Waals surface area contributed by atoms with Crippen LogP contribution in [0.2, 0.25) is 5.02 Å². The number of aromatic nitrogens is 1. The van der Waals surface area contributed by atoms with Crippen molar-refractivity contribution >= 4 is 34.5 Å². The number of benzene rings is 2. The Morgan fingerprint density at radius 3 is 2.71 bits per heavy atom. The molecule has 0 aliphatic carbocycles. The molecule has 1 aliphatic rings. The van der Waals surface area contributed by atoms with E-state index in [9.17, 15) is 4.79 Å². The van der Waals surface area contributed by atoms with E-state index in [0.29, 0.717) is 16.5 Å². The highest BCUT2D eigenvalue weighted by Crippen LogP contribution is 2.35. The molecule has 0 saturated heterocycles. The van der Waals surface area contributed by atoms with Gasteiger partial charge in [0.15, 0.2) is 6.10 Å². The van der Waals surface area contributed by atoms with Gasteiger partial charge in [-0.2, -0.15) is 0 Å². The van der Waals surface area contributed by atoms with E-state index in [4.69, 9.17) is 16.3 Å². The van der Waals surface area contributed by atoms with Crippen LogP contribution < -0.4 is 10.1 Å². The maximum Gasteiger partial charge on any atom is 0.265 e. The van der Waals surface area contributed by atoms with E-state index < -0.39 is 6.10 Å². The summed E-state index contributed by atoms with van der Waals surface area (Å²) in [6, 6.07) is 13.3. The van der Waals surface area contributed by atoms with Gasteiger partial charge < -0.3 is 10.1 Å². The summed E-state index contributed by atoms with van der Waals surface area (Å²) in [4.78, 5) is 16.4. The van der Waals surface area contributed by atoms with Crippen molar-refractivity contribution in [3.63, 3.8) is 0 Å². The second-order valence-corrected chi connectivity index (χ2v) is 6.80. The quantitative estimate of drug-likeness (QED) is 0.714. The van der Waals surface area contributed by atoms with E-state index in [1.165, 1.54) is 0 Å². The second-order valence-electron chi connectivity index (χ2n) is 5.51. The number of hydrogen-bond acceptors (Lipinski definition) is 4. The summed E-state index contributed by atoms with van der Waals surface area (Å²) >= 11 is 7.50. The lowest BCUT2D eigenvalue weighted by atomic mass is 10.1. The number of nitrogens with one attached hydrogen (secondary N) is 1. The Labute approximate surface area is 148 Å². The van der Waals surface area contributed by atoms with Crippen LogP contribution in [0.15, 0.2) is 47.8 Å². The second kappa shape index (κ2) is 5.92. The molecule has 4 nitrogen and oxygen atoms in total. The molecular formula is C18H13ClN2O2S. The number of halogens is 1. The molecular weight excluding hydrogens is 344 g/mol. The zero-order chi connectivity index (χ0) is 16.7. The summed E-state index contributed by atoms with van der Waals surface area (Å²) in [5, 5.41) is 6.49. The van der Waals surface area contributed by atoms with Crippen molar-refractivity contribution < 1.29 is 9.53 Å². The van der Waals surface area contributed by atoms with E-state index >= 15 is 0 Å². The largest absolute Gasteiger partial charge is 0.479 e. The average Bonchev–Trinajstić information content (AvgIpc) is 3.06. The van der Waals surface area contributed by atoms with E-state index in [0.717, 1.165) is 21.8 Å². The molecule has 1 aliphatic heterocycles. The van der Waals surface area contributed by atoms with Crippen LogP contribution in [0.1, 0.15) is 6.92 Å². The lowest BCUT2D eigenvalue weighted by Gasteiger charge is -2.23. The third-order valence-corrected chi connectivity index (χ3v) is 4.94. The number of thiazole rings is 1. The van der Waals surface area contributed by atoms with Gasteiger partial charge in [-0.3, -0.25) is 4.79 Å². The number of ether oxygens (including phenoxy) is 1. The third kappa shape index (κ3) is 2.77. The molecule has 0 radical (unpaired) electrons. The SMILES string of the molecule is CC1Oc2ccc(-c3csc(-c4ccc(Cl)cc4)n3)cc2NC1=O. The zero-order valence-electron chi connectivity index (χ0n) is 12.7. The van der Waals surface area contributed by atoms with Gasteiger partial charge in [0.05, 0.1) is 11.4 Å². The highest BCUT2D eigenvalue weighted by atomic mass is 35.5. The molecule has 2 heterocycles. The van der Waals surface area contributed by atoms with Crippen LogP contribution >= 0.6 is 22.9 Å². The monoisotopic (exact) mass is 356 g/mol. The van der Waals surface area contributed by atoms with Crippen LogP contribution in [0.3, 0.4) is 0 Å². The molecule has 1 atom stereocenters. The lowest BCUT2D eigenvalue weighted by molar-refractivity contribution is -0.122. The third-order valence-electron chi connectivity index (χ3n) is 3.80. The topological polar surface area (TPSA) is 51.2 Å². The van der Waals surface area contributed by atoms with E-state index in [-0.39, 0.29) is 5.91 Å². The van der Waals surface area contributed by atoms with Crippen molar-refractivity contribution in [2.75, 3.05) is 5.32 Å². The van der Waals surface area contributed by atoms with Gasteiger partial charge in [-0.1, -0.05) is 23.7 Å². The summed E-state index contributed by atoms with van der Waals surface area (Å²) in [7, 11) is 0. The molecule has 2 aromatic carbocycles. The number of amides is 1. The fourth-order valence-corrected chi connectivity index (χ4v) is 3.46. The van der Waals surface area contributed by atoms with Gasteiger partial charge >= 0.3 is 0 Å². The Hall–Kier alpha value is -2.37. The average molecular weight is 357 g/mol. The molecule has 1 amide bonds. The van der Waals surface area contributed by atoms with Crippen LogP contribution in [0.25, 0.3) is 21.8 Å². The van der Waals surface area contributed by atoms with Crippen LogP contribution in [0, 0.1) is 0 Å². The Kier molecular flexibility index (Phi) is 3.75. The Morgan fingerprint density at radius 2 is 1.92 bits per heavy atom. The number of nitrogens with zero attached hydrogens (tertiary/aromatic N) is 1. The lowest BCUT2D eigenvalue weighted by Crippen LogP contribution is -2.34. The molecule has 1 unspecified atom stereocenters. The Bertz CT molecular complexity index is 921. The minimum Gasteiger partial charge on any atom is -0.479 e. The van der Waals surface area contributed by atoms with Gasteiger partial charge in [0.1, 0.15) is 10.8 Å². The molecule has 6 heteroatoms. The van der Waals surface area contributed by atoms with Crippen LogP contribution in [0.4, 0.5) is 5.69 Å². The Balaban J connectivity index is 1.67. The first kappa shape index (κ1) is 15.2. The van der Waals surface area contributed by atoms with E-state index in [1.807, 2.05) is 47.8 Å². The zero-order valence-corrected chi connectivity index (χ0v) is 14.3. The molecule has 0 bridgehead atoms. The van der Waals surface area contributed by atoms with Crippen molar-refractivity contribution in [2.45, 2.75) is 13.0 Å². The number of carbonyl (C=O) groups excluding carboxylic acids is 1. The minimum atomic E-state index is -0.473. The molecule has 0 spiro atoms. The van der Waals surface area contributed by atoms with Crippen LogP contribution in [-0.4, -0.2) is 17.0 Å². The minimum absolute atomic E-state index is 0.139. The summed E-state index contributed by atoms with van der Waals surface area (Å²) < 4.78 is 5.58. The number of anilines is 1. The van der Waals surface area contributed by atoms with Crippen molar-refractivity contribution in [3.05, 3.63) is 52.9 Å². The summed E-state index contributed by atoms with van der Waals surface area (Å²) in [5.41, 5.74) is 3.50. The van der Waals surface area contributed by atoms with Crippen LogP contribution in [0.5, 0.6) is 5.75 Å². The van der Waals surface area contributed by atoms with Crippen LogP contribution in [-0.2, 0) is 4.79 Å². The standard InChI is InChI=1S/C18H13ClN2O2S/c1-10-17(22)20-14-8-12(4-7-16(14)23-10)15-9-24-18(21-15)11-2-5-13(19)6-3-11/h2-10H,1H3,(H,20,22). The van der Waals surface area contributed by atoms with Gasteiger partial charge in [0, 0.05) is 21.5 Å². The molecule has 3 aromatic rings. The molecule has 0 saturated carbocycles. The fourth-order valence-electron chi connectivity index (χ4n) is 2.50. The van der Waals surface area contributed by atoms with E-state index in [2.05, 4.69) is 10.3 Å². The summed E-state index contributed by atoms with van der Waals surface area (Å²) in [6.45, 7) is 1.73. The predicted molar refractivity (Wildman–Crippen MR) is 96.7 cm³/mol. The van der Waals surface area contributed by atoms with Gasteiger partial charge in [-0.25, -0.2) is 4.98 Å².